The van der Waals surface area contributed by atoms with Crippen LogP contribution in [0.3, 0.4) is 0 Å². The van der Waals surface area contributed by atoms with E-state index in [2.05, 4.69) is 235 Å². The summed E-state index contributed by atoms with van der Waals surface area (Å²) in [6.45, 7) is 0. The Morgan fingerprint density at radius 3 is 1.70 bits per heavy atom. The van der Waals surface area contributed by atoms with Crippen LogP contribution in [0, 0.1) is 0 Å². The van der Waals surface area contributed by atoms with Gasteiger partial charge in [0.2, 0.25) is 0 Å². The molecule has 0 fully saturated rings. The number of fused-ring (bicyclic) bond motifs is 13. The first kappa shape index (κ1) is 36.8. The summed E-state index contributed by atoms with van der Waals surface area (Å²) in [7, 11) is 0. The minimum atomic E-state index is -0.568. The summed E-state index contributed by atoms with van der Waals surface area (Å²) in [6.07, 6.45) is 0. The number of benzene rings is 11. The zero-order chi connectivity index (χ0) is 43.3. The Kier molecular flexibility index (Phi) is 7.90. The largest absolute Gasteiger partial charge is 0.456 e. The summed E-state index contributed by atoms with van der Waals surface area (Å²) in [5.74, 6) is 0. The van der Waals surface area contributed by atoms with Crippen molar-refractivity contribution in [3.8, 4) is 22.3 Å². The molecule has 0 unspecified atom stereocenters. The van der Waals surface area contributed by atoms with E-state index >= 15 is 0 Å². The monoisotopic (exact) mass is 841 g/mol. The third kappa shape index (κ3) is 5.20. The molecule has 0 radical (unpaired) electrons. The molecule has 0 aliphatic heterocycles. The van der Waals surface area contributed by atoms with Gasteiger partial charge in [-0.2, -0.15) is 0 Å². The van der Waals surface area contributed by atoms with Gasteiger partial charge in [0, 0.05) is 32.9 Å². The van der Waals surface area contributed by atoms with Crippen LogP contribution in [0.2, 0.25) is 0 Å². The fourth-order valence-corrected chi connectivity index (χ4v) is 11.4. The highest BCUT2D eigenvalue weighted by molar-refractivity contribution is 6.28. The maximum atomic E-state index is 7.22. The fraction of sp³-hybridized carbons (Fsp3) is 0.0159. The topological polar surface area (TPSA) is 29.5 Å². The van der Waals surface area contributed by atoms with Gasteiger partial charge in [-0.1, -0.05) is 176 Å². The van der Waals surface area contributed by atoms with Crippen molar-refractivity contribution < 1.29 is 8.83 Å². The number of para-hydroxylation sites is 2. The van der Waals surface area contributed by atoms with E-state index in [0.717, 1.165) is 72.1 Å². The predicted molar refractivity (Wildman–Crippen MR) is 273 cm³/mol. The molecule has 1 aliphatic rings. The number of hydrogen-bond acceptors (Lipinski definition) is 3. The maximum absolute atomic E-state index is 7.22. The average Bonchev–Trinajstić information content (AvgIpc) is 4.05. The molecular weight excluding hydrogens is 803 g/mol. The molecule has 3 heteroatoms. The van der Waals surface area contributed by atoms with E-state index in [1.165, 1.54) is 54.9 Å². The highest BCUT2D eigenvalue weighted by atomic mass is 16.3. The molecule has 0 atom stereocenters. The summed E-state index contributed by atoms with van der Waals surface area (Å²) in [6, 6.07) is 85.9. The van der Waals surface area contributed by atoms with E-state index in [4.69, 9.17) is 8.83 Å². The molecule has 0 spiro atoms. The molecule has 11 aromatic carbocycles. The molecular formula is C63H39NO2. The van der Waals surface area contributed by atoms with Crippen molar-refractivity contribution >= 4 is 82.5 Å². The van der Waals surface area contributed by atoms with E-state index in [9.17, 15) is 0 Å². The van der Waals surface area contributed by atoms with Gasteiger partial charge in [-0.25, -0.2) is 0 Å². The van der Waals surface area contributed by atoms with Crippen molar-refractivity contribution in [3.05, 3.63) is 259 Å². The van der Waals surface area contributed by atoms with E-state index in [0.29, 0.717) is 0 Å². The third-order valence-electron chi connectivity index (χ3n) is 14.1. The molecule has 0 amide bonds. The number of rotatable bonds is 6. The normalized spacial score (nSPS) is 13.0. The van der Waals surface area contributed by atoms with Gasteiger partial charge in [-0.3, -0.25) is 0 Å². The maximum Gasteiger partial charge on any atom is 0.159 e. The van der Waals surface area contributed by atoms with Crippen molar-refractivity contribution in [1.82, 2.24) is 0 Å². The van der Waals surface area contributed by atoms with Gasteiger partial charge in [0.15, 0.2) is 5.58 Å². The van der Waals surface area contributed by atoms with Crippen LogP contribution in [-0.4, -0.2) is 0 Å². The number of hydrogen-bond donors (Lipinski definition) is 0. The van der Waals surface area contributed by atoms with Crippen LogP contribution in [0.5, 0.6) is 0 Å². The van der Waals surface area contributed by atoms with Crippen LogP contribution in [0.25, 0.3) is 87.7 Å². The Labute approximate surface area is 381 Å². The number of anilines is 3. The fourth-order valence-electron chi connectivity index (χ4n) is 11.4. The molecule has 308 valence electrons. The SMILES string of the molecule is c1ccc(N(c2ccc3c(c2)C(c2ccccc2)(c2ccccc2)c2ccccc2-3)c2cc(-c3cc4ccccc4c4ccccc34)cc3c2oc2ccc4oc5ccccc5c4c23)cc1. The van der Waals surface area contributed by atoms with Crippen molar-refractivity contribution in [2.45, 2.75) is 5.41 Å². The lowest BCUT2D eigenvalue weighted by molar-refractivity contribution is 0.663. The summed E-state index contributed by atoms with van der Waals surface area (Å²) in [4.78, 5) is 2.41. The highest BCUT2D eigenvalue weighted by Crippen LogP contribution is 2.58. The summed E-state index contributed by atoms with van der Waals surface area (Å²) in [5.41, 5.74) is 15.5. The summed E-state index contributed by atoms with van der Waals surface area (Å²) >= 11 is 0. The van der Waals surface area contributed by atoms with Crippen molar-refractivity contribution in [2.75, 3.05) is 4.90 Å². The van der Waals surface area contributed by atoms with Gasteiger partial charge >= 0.3 is 0 Å². The first-order valence-corrected chi connectivity index (χ1v) is 22.7. The van der Waals surface area contributed by atoms with Crippen molar-refractivity contribution in [3.63, 3.8) is 0 Å². The molecule has 13 aromatic rings. The lowest BCUT2D eigenvalue weighted by Gasteiger charge is -2.35. The second kappa shape index (κ2) is 14.2. The average molecular weight is 842 g/mol. The lowest BCUT2D eigenvalue weighted by atomic mass is 9.67. The van der Waals surface area contributed by atoms with Crippen LogP contribution < -0.4 is 4.90 Å². The smallest absolute Gasteiger partial charge is 0.159 e. The van der Waals surface area contributed by atoms with Crippen LogP contribution in [0.4, 0.5) is 17.1 Å². The van der Waals surface area contributed by atoms with Gasteiger partial charge in [-0.05, 0) is 127 Å². The molecule has 1 aliphatic carbocycles. The van der Waals surface area contributed by atoms with Crippen molar-refractivity contribution in [1.29, 1.82) is 0 Å². The Balaban J connectivity index is 1.11. The standard InChI is InChI=1S/C63H39NO2/c1-4-19-42(20-5-1)63(43-21-6-2-7-22-43)54-30-16-14-28-49(54)50-33-32-45(39-55(50)63)64(44-23-8-3-9-24-44)56-38-41(52-36-40-18-10-11-25-46(40)47-26-12-13-27-48(47)52)37-53-61-59(66-62(53)56)35-34-58-60(61)51-29-15-17-31-57(51)65-58/h1-39H. The minimum Gasteiger partial charge on any atom is -0.456 e. The molecule has 0 N–H and O–H groups in total. The van der Waals surface area contributed by atoms with Crippen LogP contribution in [0.1, 0.15) is 22.3 Å². The van der Waals surface area contributed by atoms with E-state index in [1.807, 2.05) is 6.07 Å². The van der Waals surface area contributed by atoms with Gasteiger partial charge in [0.05, 0.1) is 11.1 Å². The van der Waals surface area contributed by atoms with Gasteiger partial charge in [0.25, 0.3) is 0 Å². The van der Waals surface area contributed by atoms with E-state index < -0.39 is 5.41 Å². The van der Waals surface area contributed by atoms with Crippen LogP contribution in [-0.2, 0) is 5.41 Å². The predicted octanol–water partition coefficient (Wildman–Crippen LogP) is 17.3. The van der Waals surface area contributed by atoms with Crippen LogP contribution in [0.15, 0.2) is 245 Å². The molecule has 2 heterocycles. The Bertz CT molecular complexity index is 4010. The van der Waals surface area contributed by atoms with Crippen LogP contribution >= 0.6 is 0 Å². The van der Waals surface area contributed by atoms with E-state index in [-0.39, 0.29) is 0 Å². The second-order valence-corrected chi connectivity index (χ2v) is 17.5. The van der Waals surface area contributed by atoms with Crippen molar-refractivity contribution in [2.24, 2.45) is 0 Å². The Morgan fingerprint density at radius 1 is 0.333 bits per heavy atom. The highest BCUT2D eigenvalue weighted by Gasteiger charge is 2.46. The summed E-state index contributed by atoms with van der Waals surface area (Å²) in [5, 5.41) is 9.07. The Morgan fingerprint density at radius 2 is 0.924 bits per heavy atom. The first-order chi connectivity index (χ1) is 32.7. The minimum absolute atomic E-state index is 0.568. The molecule has 3 nitrogen and oxygen atoms in total. The quantitative estimate of drug-likeness (QED) is 0.156. The first-order valence-electron chi connectivity index (χ1n) is 22.7. The molecule has 2 aromatic heterocycles. The van der Waals surface area contributed by atoms with Gasteiger partial charge in [-0.15, -0.1) is 0 Å². The number of furan rings is 2. The molecule has 0 saturated heterocycles. The van der Waals surface area contributed by atoms with Gasteiger partial charge < -0.3 is 13.7 Å². The Hall–Kier alpha value is -8.66. The number of nitrogens with zero attached hydrogens (tertiary/aromatic N) is 1. The zero-order valence-electron chi connectivity index (χ0n) is 35.8. The molecule has 0 saturated carbocycles. The van der Waals surface area contributed by atoms with Gasteiger partial charge in [0.1, 0.15) is 16.7 Å². The van der Waals surface area contributed by atoms with E-state index in [1.54, 1.807) is 0 Å². The second-order valence-electron chi connectivity index (χ2n) is 17.5. The molecule has 14 rings (SSSR count). The molecule has 66 heavy (non-hydrogen) atoms. The third-order valence-corrected chi connectivity index (χ3v) is 14.1. The summed E-state index contributed by atoms with van der Waals surface area (Å²) < 4.78 is 13.7. The molecule has 0 bridgehead atoms. The lowest BCUT2D eigenvalue weighted by Crippen LogP contribution is -2.28. The zero-order valence-corrected chi connectivity index (χ0v) is 35.8.